The molecule has 0 spiro atoms. The molecule has 51 heavy (non-hydrogen) atoms. The highest BCUT2D eigenvalue weighted by atomic mass is 16.6. The second-order valence-corrected chi connectivity index (χ2v) is 12.5. The van der Waals surface area contributed by atoms with Gasteiger partial charge >= 0.3 is 0 Å². The van der Waals surface area contributed by atoms with Gasteiger partial charge in [0.05, 0.1) is 145 Å². The van der Waals surface area contributed by atoms with Crippen molar-refractivity contribution in [2.45, 2.75) is 91.4 Å². The van der Waals surface area contributed by atoms with Gasteiger partial charge in [-0.15, -0.1) is 0 Å². The summed E-state index contributed by atoms with van der Waals surface area (Å²) >= 11 is 0. The number of hydrogen-bond acceptors (Lipinski definition) is 12. The molecule has 12 heteroatoms. The lowest BCUT2D eigenvalue weighted by Gasteiger charge is -2.10. The topological polar surface area (TPSA) is 111 Å². The molecule has 308 valence electrons. The van der Waals surface area contributed by atoms with Gasteiger partial charge in [-0.1, -0.05) is 85.0 Å². The number of rotatable bonds is 47. The summed E-state index contributed by atoms with van der Waals surface area (Å²) in [5.41, 5.74) is 0. The van der Waals surface area contributed by atoms with Gasteiger partial charge in [0.15, 0.2) is 0 Å². The molecule has 12 nitrogen and oxygen atoms in total. The Morgan fingerprint density at radius 1 is 0.255 bits per heavy atom. The van der Waals surface area contributed by atoms with Gasteiger partial charge in [-0.05, 0) is 12.3 Å². The number of hydrogen-bond donors (Lipinski definition) is 0. The minimum absolute atomic E-state index is 0.521. The van der Waals surface area contributed by atoms with Gasteiger partial charge in [0.2, 0.25) is 0 Å². The number of unbranched alkanes of at least 4 members (excludes halogenated alkanes) is 9. The second kappa shape index (κ2) is 47.5. The first-order chi connectivity index (χ1) is 25.3. The van der Waals surface area contributed by atoms with E-state index in [9.17, 15) is 0 Å². The van der Waals surface area contributed by atoms with E-state index in [1.54, 1.807) is 0 Å². The van der Waals surface area contributed by atoms with Crippen molar-refractivity contribution in [3.8, 4) is 0 Å². The Morgan fingerprint density at radius 3 is 0.725 bits per heavy atom. The van der Waals surface area contributed by atoms with Crippen molar-refractivity contribution in [1.29, 1.82) is 0 Å². The zero-order chi connectivity index (χ0) is 36.8. The van der Waals surface area contributed by atoms with Gasteiger partial charge in [-0.3, -0.25) is 0 Å². The number of ether oxygens (including phenoxy) is 12. The van der Waals surface area contributed by atoms with Crippen molar-refractivity contribution in [3.63, 3.8) is 0 Å². The molecule has 0 N–H and O–H groups in total. The zero-order valence-corrected chi connectivity index (χ0v) is 33.2. The van der Waals surface area contributed by atoms with Crippen LogP contribution in [0.15, 0.2) is 0 Å². The quantitative estimate of drug-likeness (QED) is 0.0668. The van der Waals surface area contributed by atoms with Crippen LogP contribution >= 0.6 is 0 Å². The molecule has 0 aromatic heterocycles. The van der Waals surface area contributed by atoms with Crippen molar-refractivity contribution in [3.05, 3.63) is 0 Å². The molecule has 0 heterocycles. The maximum Gasteiger partial charge on any atom is 0.0701 e. The van der Waals surface area contributed by atoms with Gasteiger partial charge < -0.3 is 56.8 Å². The van der Waals surface area contributed by atoms with E-state index in [2.05, 4.69) is 20.8 Å². The fourth-order valence-electron chi connectivity index (χ4n) is 4.51. The molecule has 0 saturated carbocycles. The van der Waals surface area contributed by atoms with Gasteiger partial charge in [-0.25, -0.2) is 0 Å². The van der Waals surface area contributed by atoms with Crippen LogP contribution < -0.4 is 0 Å². The van der Waals surface area contributed by atoms with E-state index in [1.807, 2.05) is 0 Å². The van der Waals surface area contributed by atoms with E-state index >= 15 is 0 Å². The summed E-state index contributed by atoms with van der Waals surface area (Å²) in [7, 11) is 0. The van der Waals surface area contributed by atoms with Crippen LogP contribution in [0.2, 0.25) is 0 Å². The van der Waals surface area contributed by atoms with E-state index in [4.69, 9.17) is 56.8 Å². The normalized spacial score (nSPS) is 12.3. The molecule has 0 rings (SSSR count). The SMILES string of the molecule is CCCCCCCCCCCCOCCOCCOCCOCCOCCOCCOCCOCCOCCOCCOCCOCC(C)CC. The molecule has 0 aliphatic rings. The average Bonchev–Trinajstić information content (AvgIpc) is 3.14. The smallest absolute Gasteiger partial charge is 0.0701 e. The van der Waals surface area contributed by atoms with Crippen LogP contribution in [0, 0.1) is 5.92 Å². The predicted octanol–water partition coefficient (Wildman–Crippen LogP) is 6.15. The summed E-state index contributed by atoms with van der Waals surface area (Å²) in [6.07, 6.45) is 14.6. The van der Waals surface area contributed by atoms with Crippen LogP contribution in [0.4, 0.5) is 0 Å². The highest BCUT2D eigenvalue weighted by Gasteiger charge is 1.99. The molecule has 0 aliphatic carbocycles. The molecular formula is C39H80O12. The Kier molecular flexibility index (Phi) is 47.1. The third kappa shape index (κ3) is 47.5. The molecule has 0 aliphatic heterocycles. The van der Waals surface area contributed by atoms with Gasteiger partial charge in [0, 0.05) is 13.2 Å². The van der Waals surface area contributed by atoms with Crippen LogP contribution in [-0.2, 0) is 56.8 Å². The van der Waals surface area contributed by atoms with Crippen LogP contribution in [0.25, 0.3) is 0 Å². The van der Waals surface area contributed by atoms with Crippen molar-refractivity contribution < 1.29 is 56.8 Å². The summed E-state index contributed by atoms with van der Waals surface area (Å²) in [5.74, 6) is 0.599. The van der Waals surface area contributed by atoms with Crippen LogP contribution in [0.3, 0.4) is 0 Å². The Hall–Kier alpha value is -0.480. The van der Waals surface area contributed by atoms with Gasteiger partial charge in [0.1, 0.15) is 0 Å². The molecular weight excluding hydrogens is 660 g/mol. The molecule has 0 bridgehead atoms. The first-order valence-corrected chi connectivity index (χ1v) is 20.2. The molecule has 1 unspecified atom stereocenters. The lowest BCUT2D eigenvalue weighted by Crippen LogP contribution is -2.15. The minimum atomic E-state index is 0.521. The summed E-state index contributed by atoms with van der Waals surface area (Å²) < 4.78 is 66.3. The molecule has 1 atom stereocenters. The third-order valence-electron chi connectivity index (χ3n) is 7.83. The molecule has 0 radical (unpaired) electrons. The Labute approximate surface area is 312 Å². The van der Waals surface area contributed by atoms with E-state index in [0.717, 1.165) is 26.1 Å². The summed E-state index contributed by atoms with van der Waals surface area (Å²) in [4.78, 5) is 0. The standard InChI is InChI=1S/C39H80O12/c1-4-6-7-8-9-10-11-12-13-14-15-40-16-17-41-18-19-42-20-21-43-22-23-44-24-25-45-26-27-46-28-29-47-30-31-48-32-33-49-34-35-50-36-37-51-38-39(3)5-2/h39H,4-38H2,1-3H3. The van der Waals surface area contributed by atoms with Crippen molar-refractivity contribution in [2.75, 3.05) is 159 Å². The van der Waals surface area contributed by atoms with E-state index in [-0.39, 0.29) is 0 Å². The van der Waals surface area contributed by atoms with Crippen molar-refractivity contribution >= 4 is 0 Å². The maximum absolute atomic E-state index is 5.65. The summed E-state index contributed by atoms with van der Waals surface area (Å²) in [6, 6.07) is 0. The predicted molar refractivity (Wildman–Crippen MR) is 201 cm³/mol. The average molecular weight is 741 g/mol. The molecule has 0 amide bonds. The maximum atomic E-state index is 5.65. The van der Waals surface area contributed by atoms with Crippen LogP contribution in [0.5, 0.6) is 0 Å². The second-order valence-electron chi connectivity index (χ2n) is 12.5. The monoisotopic (exact) mass is 741 g/mol. The Bertz CT molecular complexity index is 605. The Morgan fingerprint density at radius 2 is 0.471 bits per heavy atom. The molecule has 0 saturated heterocycles. The highest BCUT2D eigenvalue weighted by Crippen LogP contribution is 2.10. The van der Waals surface area contributed by atoms with E-state index in [1.165, 1.54) is 57.8 Å². The highest BCUT2D eigenvalue weighted by molar-refractivity contribution is 4.48. The molecule has 0 aromatic rings. The summed E-state index contributed by atoms with van der Waals surface area (Å²) in [6.45, 7) is 20.4. The first kappa shape index (κ1) is 50.5. The van der Waals surface area contributed by atoms with E-state index in [0.29, 0.717) is 151 Å². The third-order valence-corrected chi connectivity index (χ3v) is 7.83. The van der Waals surface area contributed by atoms with E-state index < -0.39 is 0 Å². The van der Waals surface area contributed by atoms with Gasteiger partial charge in [-0.2, -0.15) is 0 Å². The van der Waals surface area contributed by atoms with Gasteiger partial charge in [0.25, 0.3) is 0 Å². The zero-order valence-electron chi connectivity index (χ0n) is 33.2. The lowest BCUT2D eigenvalue weighted by molar-refractivity contribution is -0.0286. The van der Waals surface area contributed by atoms with Crippen molar-refractivity contribution in [1.82, 2.24) is 0 Å². The summed E-state index contributed by atoms with van der Waals surface area (Å²) in [5, 5.41) is 0. The van der Waals surface area contributed by atoms with Crippen LogP contribution in [0.1, 0.15) is 91.4 Å². The Balaban J connectivity index is 3.05. The largest absolute Gasteiger partial charge is 0.379 e. The minimum Gasteiger partial charge on any atom is -0.379 e. The molecule has 0 aromatic carbocycles. The molecule has 0 fully saturated rings. The first-order valence-electron chi connectivity index (χ1n) is 20.2. The van der Waals surface area contributed by atoms with Crippen molar-refractivity contribution in [2.24, 2.45) is 5.92 Å². The fraction of sp³-hybridized carbons (Fsp3) is 1.00. The van der Waals surface area contributed by atoms with Crippen LogP contribution in [-0.4, -0.2) is 159 Å². The lowest BCUT2D eigenvalue weighted by atomic mass is 10.1. The fourth-order valence-corrected chi connectivity index (χ4v) is 4.51.